The van der Waals surface area contributed by atoms with Crippen molar-refractivity contribution >= 4 is 6.08 Å². The summed E-state index contributed by atoms with van der Waals surface area (Å²) in [5, 5.41) is 19.6. The van der Waals surface area contributed by atoms with Crippen LogP contribution in [0.15, 0.2) is 36.4 Å². The van der Waals surface area contributed by atoms with E-state index in [0.29, 0.717) is 6.42 Å². The molecule has 0 saturated heterocycles. The molecular formula is C14H14N4. The number of aromatic amines is 1. The number of H-pyrrole nitrogens is 1. The molecule has 0 bridgehead atoms. The summed E-state index contributed by atoms with van der Waals surface area (Å²) in [6, 6.07) is 12.3. The van der Waals surface area contributed by atoms with E-state index in [-0.39, 0.29) is 5.92 Å². The Bertz CT molecular complexity index is 563. The Hall–Kier alpha value is -2.41. The lowest BCUT2D eigenvalue weighted by molar-refractivity contribution is 0.822. The van der Waals surface area contributed by atoms with Crippen LogP contribution >= 0.6 is 0 Å². The molecule has 0 fully saturated rings. The predicted octanol–water partition coefficient (Wildman–Crippen LogP) is 2.51. The summed E-state index contributed by atoms with van der Waals surface area (Å²) >= 11 is 0. The number of aromatic nitrogens is 3. The first-order valence-corrected chi connectivity index (χ1v) is 5.78. The molecule has 0 saturated carbocycles. The zero-order valence-electron chi connectivity index (χ0n) is 10.2. The summed E-state index contributed by atoms with van der Waals surface area (Å²) in [5.74, 6) is -0.150. The molecule has 0 spiro atoms. The number of allylic oxidation sites excluding steroid dienone is 1. The monoisotopic (exact) mass is 238 g/mol. The van der Waals surface area contributed by atoms with E-state index in [9.17, 15) is 0 Å². The molecule has 0 amide bonds. The molecule has 1 atom stereocenters. The van der Waals surface area contributed by atoms with E-state index >= 15 is 0 Å². The summed E-state index contributed by atoms with van der Waals surface area (Å²) in [5.41, 5.74) is 2.77. The first-order chi connectivity index (χ1) is 8.79. The van der Waals surface area contributed by atoms with Crippen LogP contribution in [0.1, 0.15) is 17.0 Å². The lowest BCUT2D eigenvalue weighted by atomic mass is 10.00. The molecule has 0 aliphatic carbocycles. The van der Waals surface area contributed by atoms with Crippen LogP contribution in [-0.4, -0.2) is 15.4 Å². The predicted molar refractivity (Wildman–Crippen MR) is 69.4 cm³/mol. The van der Waals surface area contributed by atoms with E-state index in [4.69, 9.17) is 5.26 Å². The molecule has 1 aromatic heterocycles. The molecule has 2 rings (SSSR count). The third-order valence-corrected chi connectivity index (χ3v) is 2.71. The Labute approximate surface area is 106 Å². The molecule has 4 nitrogen and oxygen atoms in total. The molecule has 18 heavy (non-hydrogen) atoms. The number of nitrogens with zero attached hydrogens (tertiary/aromatic N) is 3. The molecule has 90 valence electrons. The van der Waals surface area contributed by atoms with E-state index < -0.39 is 0 Å². The average molecular weight is 238 g/mol. The van der Waals surface area contributed by atoms with Gasteiger partial charge in [-0.15, -0.1) is 0 Å². The van der Waals surface area contributed by atoms with Crippen LogP contribution in [0, 0.1) is 24.2 Å². The van der Waals surface area contributed by atoms with E-state index in [1.54, 1.807) is 0 Å². The van der Waals surface area contributed by atoms with Crippen molar-refractivity contribution in [3.8, 4) is 6.07 Å². The second-order valence-corrected chi connectivity index (χ2v) is 4.08. The maximum atomic E-state index is 9.14. The largest absolute Gasteiger partial charge is 0.198 e. The van der Waals surface area contributed by atoms with Crippen molar-refractivity contribution in [2.75, 3.05) is 0 Å². The van der Waals surface area contributed by atoms with Gasteiger partial charge in [0.2, 0.25) is 0 Å². The fourth-order valence-corrected chi connectivity index (χ4v) is 1.68. The van der Waals surface area contributed by atoms with E-state index in [2.05, 4.69) is 21.5 Å². The molecule has 0 aliphatic rings. The van der Waals surface area contributed by atoms with Gasteiger partial charge < -0.3 is 0 Å². The number of rotatable bonds is 4. The second-order valence-electron chi connectivity index (χ2n) is 4.08. The number of hydrogen-bond donors (Lipinski definition) is 1. The van der Waals surface area contributed by atoms with Gasteiger partial charge in [-0.1, -0.05) is 36.4 Å². The van der Waals surface area contributed by atoms with Gasteiger partial charge in [-0.05, 0) is 25.0 Å². The number of hydrogen-bond acceptors (Lipinski definition) is 3. The Morgan fingerprint density at radius 2 is 2.11 bits per heavy atom. The first kappa shape index (κ1) is 12.1. The van der Waals surface area contributed by atoms with Crippen molar-refractivity contribution in [1.82, 2.24) is 15.4 Å². The molecule has 2 aromatic rings. The number of nitrogens with one attached hydrogen (secondary N) is 1. The number of aryl methyl sites for hydroxylation is 1. The Morgan fingerprint density at radius 1 is 1.33 bits per heavy atom. The SMILES string of the molecule is Cc1n[nH]nc1/C=C\C(C#N)Cc1ccccc1. The Morgan fingerprint density at radius 3 is 2.72 bits per heavy atom. The highest BCUT2D eigenvalue weighted by atomic mass is 15.3. The van der Waals surface area contributed by atoms with E-state index in [0.717, 1.165) is 17.0 Å². The summed E-state index contributed by atoms with van der Waals surface area (Å²) in [7, 11) is 0. The minimum atomic E-state index is -0.150. The fourth-order valence-electron chi connectivity index (χ4n) is 1.68. The van der Waals surface area contributed by atoms with Crippen molar-refractivity contribution in [2.45, 2.75) is 13.3 Å². The summed E-state index contributed by atoms with van der Waals surface area (Å²) in [6.07, 6.45) is 4.43. The van der Waals surface area contributed by atoms with Crippen LogP contribution in [0.5, 0.6) is 0 Å². The normalized spacial score (nSPS) is 12.4. The van der Waals surface area contributed by atoms with Gasteiger partial charge in [0.25, 0.3) is 0 Å². The van der Waals surface area contributed by atoms with Crippen LogP contribution in [-0.2, 0) is 6.42 Å². The van der Waals surface area contributed by atoms with Gasteiger partial charge in [-0.25, -0.2) is 0 Å². The molecule has 4 heteroatoms. The van der Waals surface area contributed by atoms with Crippen LogP contribution in [0.3, 0.4) is 0 Å². The van der Waals surface area contributed by atoms with Gasteiger partial charge in [0, 0.05) is 0 Å². The maximum absolute atomic E-state index is 9.14. The third kappa shape index (κ3) is 3.05. The van der Waals surface area contributed by atoms with Crippen LogP contribution in [0.2, 0.25) is 0 Å². The summed E-state index contributed by atoms with van der Waals surface area (Å²) in [4.78, 5) is 0. The third-order valence-electron chi connectivity index (χ3n) is 2.71. The minimum absolute atomic E-state index is 0.150. The van der Waals surface area contributed by atoms with Crippen molar-refractivity contribution in [3.05, 3.63) is 53.4 Å². The maximum Gasteiger partial charge on any atom is 0.108 e. The molecule has 0 aliphatic heterocycles. The zero-order valence-corrected chi connectivity index (χ0v) is 10.2. The zero-order chi connectivity index (χ0) is 12.8. The minimum Gasteiger partial charge on any atom is -0.198 e. The summed E-state index contributed by atoms with van der Waals surface area (Å²) < 4.78 is 0. The highest BCUT2D eigenvalue weighted by molar-refractivity contribution is 5.47. The molecule has 1 heterocycles. The molecule has 1 aromatic carbocycles. The summed E-state index contributed by atoms with van der Waals surface area (Å²) in [6.45, 7) is 1.88. The van der Waals surface area contributed by atoms with E-state index in [1.807, 2.05) is 49.4 Å². The van der Waals surface area contributed by atoms with Gasteiger partial charge in [-0.3, -0.25) is 0 Å². The smallest absolute Gasteiger partial charge is 0.108 e. The van der Waals surface area contributed by atoms with Gasteiger partial charge in [0.15, 0.2) is 0 Å². The highest BCUT2D eigenvalue weighted by Crippen LogP contribution is 2.11. The van der Waals surface area contributed by atoms with Crippen LogP contribution in [0.4, 0.5) is 0 Å². The standard InChI is InChI=1S/C14H14N4/c1-11-14(17-18-16-11)8-7-13(10-15)9-12-5-3-2-4-6-12/h2-8,13H,9H2,1H3,(H,16,17,18)/b8-7-. The second kappa shape index (κ2) is 5.78. The van der Waals surface area contributed by atoms with Crippen molar-refractivity contribution in [1.29, 1.82) is 5.26 Å². The molecule has 1 N–H and O–H groups in total. The number of nitriles is 1. The van der Waals surface area contributed by atoms with Gasteiger partial charge in [0.1, 0.15) is 5.69 Å². The first-order valence-electron chi connectivity index (χ1n) is 5.78. The van der Waals surface area contributed by atoms with Gasteiger partial charge in [-0.2, -0.15) is 20.7 Å². The van der Waals surface area contributed by atoms with Gasteiger partial charge >= 0.3 is 0 Å². The lowest BCUT2D eigenvalue weighted by Gasteiger charge is -2.03. The Balaban J connectivity index is 2.05. The van der Waals surface area contributed by atoms with Crippen LogP contribution in [0.25, 0.3) is 6.08 Å². The topological polar surface area (TPSA) is 65.4 Å². The molecule has 1 unspecified atom stereocenters. The Kier molecular flexibility index (Phi) is 3.87. The van der Waals surface area contributed by atoms with Crippen molar-refractivity contribution in [3.63, 3.8) is 0 Å². The van der Waals surface area contributed by atoms with Gasteiger partial charge in [0.05, 0.1) is 17.7 Å². The van der Waals surface area contributed by atoms with Crippen molar-refractivity contribution < 1.29 is 0 Å². The average Bonchev–Trinajstić information content (AvgIpc) is 2.81. The van der Waals surface area contributed by atoms with Crippen molar-refractivity contribution in [2.24, 2.45) is 5.92 Å². The van der Waals surface area contributed by atoms with E-state index in [1.165, 1.54) is 0 Å². The molecular weight excluding hydrogens is 224 g/mol. The lowest BCUT2D eigenvalue weighted by Crippen LogP contribution is -1.97. The molecule has 0 radical (unpaired) electrons. The fraction of sp³-hybridized carbons (Fsp3) is 0.214. The van der Waals surface area contributed by atoms with Crippen LogP contribution < -0.4 is 0 Å². The highest BCUT2D eigenvalue weighted by Gasteiger charge is 2.05. The number of benzene rings is 1. The quantitative estimate of drug-likeness (QED) is 0.890.